The lowest BCUT2D eigenvalue weighted by atomic mass is 10.0. The van der Waals surface area contributed by atoms with E-state index in [0.717, 1.165) is 32.6 Å². The number of halogens is 1. The number of carbonyl (C=O) groups excluding carboxylic acids is 1. The lowest BCUT2D eigenvalue weighted by molar-refractivity contribution is 0.249. The van der Waals surface area contributed by atoms with Crippen LogP contribution in [0, 0.1) is 17.4 Å². The van der Waals surface area contributed by atoms with E-state index in [-0.39, 0.29) is 6.03 Å². The van der Waals surface area contributed by atoms with Crippen molar-refractivity contribution in [1.29, 1.82) is 0 Å². The minimum Gasteiger partial charge on any atom is -0.489 e. The molecule has 0 aliphatic heterocycles. The molecule has 0 heterocycles. The van der Waals surface area contributed by atoms with Crippen LogP contribution in [-0.2, 0) is 13.0 Å². The number of anilines is 1. The van der Waals surface area contributed by atoms with Crippen LogP contribution in [0.2, 0.25) is 0 Å². The fourth-order valence-corrected chi connectivity index (χ4v) is 3.46. The summed E-state index contributed by atoms with van der Waals surface area (Å²) in [4.78, 5) is 13.6. The van der Waals surface area contributed by atoms with Gasteiger partial charge in [-0.15, -0.1) is 0 Å². The van der Waals surface area contributed by atoms with E-state index in [2.05, 4.69) is 60.8 Å². The van der Waals surface area contributed by atoms with Crippen molar-refractivity contribution in [2.45, 2.75) is 33.8 Å². The summed E-state index contributed by atoms with van der Waals surface area (Å²) in [6.07, 6.45) is 1.02. The van der Waals surface area contributed by atoms with Gasteiger partial charge in [-0.3, -0.25) is 4.90 Å². The molecule has 2 aromatic carbocycles. The lowest BCUT2D eigenvalue weighted by Crippen LogP contribution is -2.35. The van der Waals surface area contributed by atoms with Gasteiger partial charge >= 0.3 is 6.03 Å². The number of urea groups is 1. The summed E-state index contributed by atoms with van der Waals surface area (Å²) < 4.78 is 7.20. The first-order valence-corrected chi connectivity index (χ1v) is 9.42. The predicted octanol–water partition coefficient (Wildman–Crippen LogP) is 4.83. The molecule has 0 atom stereocenters. The largest absolute Gasteiger partial charge is 0.489 e. The van der Waals surface area contributed by atoms with Crippen LogP contribution >= 0.6 is 22.6 Å². The molecule has 0 bridgehead atoms. The molecule has 1 N–H and O–H groups in total. The number of hydrogen-bond acceptors (Lipinski definition) is 2. The third kappa shape index (κ3) is 4.45. The first-order valence-electron chi connectivity index (χ1n) is 8.34. The van der Waals surface area contributed by atoms with Gasteiger partial charge in [-0.2, -0.15) is 0 Å². The van der Waals surface area contributed by atoms with Crippen LogP contribution in [0.5, 0.6) is 5.75 Å². The Morgan fingerprint density at radius 2 is 1.96 bits per heavy atom. The molecule has 0 saturated carbocycles. The second-order valence-electron chi connectivity index (χ2n) is 6.04. The van der Waals surface area contributed by atoms with E-state index < -0.39 is 0 Å². The van der Waals surface area contributed by atoms with Crippen molar-refractivity contribution in [2.75, 3.05) is 19.0 Å². The first-order chi connectivity index (χ1) is 11.9. The van der Waals surface area contributed by atoms with Crippen LogP contribution in [0.15, 0.2) is 30.3 Å². The second kappa shape index (κ2) is 8.56. The molecule has 5 heteroatoms. The van der Waals surface area contributed by atoms with Crippen molar-refractivity contribution in [3.05, 3.63) is 56.2 Å². The standard InChI is InChI=1S/C20H25IN2O2/c1-6-15-10-14(3)19(11-13(15)2)25-12-16-17(21)8-7-9-18(16)23(5)20(24)22-4/h7-11H,6,12H2,1-5H3,(H,22,24). The molecular weight excluding hydrogens is 427 g/mol. The number of rotatable bonds is 5. The molecule has 0 spiro atoms. The average molecular weight is 452 g/mol. The zero-order chi connectivity index (χ0) is 18.6. The van der Waals surface area contributed by atoms with E-state index in [1.54, 1.807) is 19.0 Å². The summed E-state index contributed by atoms with van der Waals surface area (Å²) in [5.41, 5.74) is 5.58. The molecule has 2 rings (SSSR count). The highest BCUT2D eigenvalue weighted by Crippen LogP contribution is 2.29. The number of amides is 2. The molecule has 0 aliphatic rings. The van der Waals surface area contributed by atoms with Crippen LogP contribution in [0.3, 0.4) is 0 Å². The van der Waals surface area contributed by atoms with Crippen molar-refractivity contribution in [3.8, 4) is 5.75 Å². The zero-order valence-corrected chi connectivity index (χ0v) is 17.6. The Bertz CT molecular complexity index is 775. The van der Waals surface area contributed by atoms with E-state index >= 15 is 0 Å². The summed E-state index contributed by atoms with van der Waals surface area (Å²) in [6, 6.07) is 10.1. The maximum atomic E-state index is 12.0. The van der Waals surface area contributed by atoms with E-state index in [1.807, 2.05) is 18.2 Å². The number of nitrogens with one attached hydrogen (secondary N) is 1. The van der Waals surface area contributed by atoms with Gasteiger partial charge < -0.3 is 10.1 Å². The molecule has 25 heavy (non-hydrogen) atoms. The van der Waals surface area contributed by atoms with Gasteiger partial charge in [0.2, 0.25) is 0 Å². The maximum Gasteiger partial charge on any atom is 0.321 e. The Hall–Kier alpha value is -1.76. The molecule has 134 valence electrons. The number of aryl methyl sites for hydroxylation is 3. The molecule has 2 aromatic rings. The highest BCUT2D eigenvalue weighted by atomic mass is 127. The van der Waals surface area contributed by atoms with E-state index in [9.17, 15) is 4.79 Å². The van der Waals surface area contributed by atoms with Crippen molar-refractivity contribution in [2.24, 2.45) is 0 Å². The van der Waals surface area contributed by atoms with Gasteiger partial charge in [-0.25, -0.2) is 4.79 Å². The highest BCUT2D eigenvalue weighted by Gasteiger charge is 2.16. The number of benzene rings is 2. The molecule has 0 unspecified atom stereocenters. The number of nitrogens with zero attached hydrogens (tertiary/aromatic N) is 1. The Balaban J connectivity index is 2.30. The summed E-state index contributed by atoms with van der Waals surface area (Å²) in [7, 11) is 3.39. The average Bonchev–Trinajstić information content (AvgIpc) is 2.61. The Morgan fingerprint density at radius 3 is 2.60 bits per heavy atom. The van der Waals surface area contributed by atoms with Crippen LogP contribution < -0.4 is 15.0 Å². The molecular formula is C20H25IN2O2. The number of ether oxygens (including phenoxy) is 1. The summed E-state index contributed by atoms with van der Waals surface area (Å²) in [6.45, 7) is 6.76. The Kier molecular flexibility index (Phi) is 6.70. The number of carbonyl (C=O) groups is 1. The molecule has 0 aliphatic carbocycles. The van der Waals surface area contributed by atoms with Gasteiger partial charge in [-0.05, 0) is 77.7 Å². The highest BCUT2D eigenvalue weighted by molar-refractivity contribution is 14.1. The van der Waals surface area contributed by atoms with Gasteiger partial charge in [0.25, 0.3) is 0 Å². The first kappa shape index (κ1) is 19.6. The van der Waals surface area contributed by atoms with Gasteiger partial charge in [0.15, 0.2) is 0 Å². The molecule has 0 saturated heterocycles. The maximum absolute atomic E-state index is 12.0. The van der Waals surface area contributed by atoms with E-state index in [1.165, 1.54) is 11.1 Å². The summed E-state index contributed by atoms with van der Waals surface area (Å²) in [5, 5.41) is 2.66. The van der Waals surface area contributed by atoms with Gasteiger partial charge in [0.05, 0.1) is 5.69 Å². The third-order valence-electron chi connectivity index (χ3n) is 4.36. The smallest absolute Gasteiger partial charge is 0.321 e. The summed E-state index contributed by atoms with van der Waals surface area (Å²) in [5.74, 6) is 0.892. The van der Waals surface area contributed by atoms with Crippen molar-refractivity contribution in [1.82, 2.24) is 5.32 Å². The fourth-order valence-electron chi connectivity index (χ4n) is 2.82. The third-order valence-corrected chi connectivity index (χ3v) is 5.37. The predicted molar refractivity (Wildman–Crippen MR) is 112 cm³/mol. The van der Waals surface area contributed by atoms with Crippen molar-refractivity contribution in [3.63, 3.8) is 0 Å². The molecule has 0 radical (unpaired) electrons. The van der Waals surface area contributed by atoms with Crippen LogP contribution in [0.4, 0.5) is 10.5 Å². The molecule has 4 nitrogen and oxygen atoms in total. The van der Waals surface area contributed by atoms with Gasteiger partial charge in [-0.1, -0.05) is 19.1 Å². The number of hydrogen-bond donors (Lipinski definition) is 1. The van der Waals surface area contributed by atoms with Crippen molar-refractivity contribution < 1.29 is 9.53 Å². The Morgan fingerprint density at radius 1 is 1.24 bits per heavy atom. The van der Waals surface area contributed by atoms with Crippen LogP contribution in [-0.4, -0.2) is 20.1 Å². The Labute approximate surface area is 163 Å². The van der Waals surface area contributed by atoms with Crippen LogP contribution in [0.25, 0.3) is 0 Å². The minimum absolute atomic E-state index is 0.150. The zero-order valence-electron chi connectivity index (χ0n) is 15.4. The van der Waals surface area contributed by atoms with Gasteiger partial charge in [0, 0.05) is 23.2 Å². The summed E-state index contributed by atoms with van der Waals surface area (Å²) >= 11 is 2.29. The lowest BCUT2D eigenvalue weighted by Gasteiger charge is -2.22. The minimum atomic E-state index is -0.150. The van der Waals surface area contributed by atoms with Crippen LogP contribution in [0.1, 0.15) is 29.2 Å². The topological polar surface area (TPSA) is 41.6 Å². The molecule has 0 fully saturated rings. The van der Waals surface area contributed by atoms with E-state index in [0.29, 0.717) is 6.61 Å². The van der Waals surface area contributed by atoms with Crippen molar-refractivity contribution >= 4 is 34.3 Å². The molecule has 0 aromatic heterocycles. The normalized spacial score (nSPS) is 10.5. The van der Waals surface area contributed by atoms with E-state index in [4.69, 9.17) is 4.74 Å². The SMILES string of the molecule is CCc1cc(C)c(OCc2c(I)cccc2N(C)C(=O)NC)cc1C. The quantitative estimate of drug-likeness (QED) is 0.661. The second-order valence-corrected chi connectivity index (χ2v) is 7.20. The fraction of sp³-hybridized carbons (Fsp3) is 0.350. The van der Waals surface area contributed by atoms with Gasteiger partial charge in [0.1, 0.15) is 12.4 Å². The molecule has 2 amide bonds. The monoisotopic (exact) mass is 452 g/mol.